The molecule has 0 aromatic heterocycles. The molecule has 1 saturated heterocycles. The van der Waals surface area contributed by atoms with E-state index in [1.54, 1.807) is 0 Å². The Balaban J connectivity index is 0.00000147. The second kappa shape index (κ2) is 5.81. The van der Waals surface area contributed by atoms with Gasteiger partial charge in [-0.05, 0) is 35.7 Å². The van der Waals surface area contributed by atoms with Crippen LogP contribution in [0.5, 0.6) is 0 Å². The highest BCUT2D eigenvalue weighted by Crippen LogP contribution is 2.28. The molecule has 4 heteroatoms. The van der Waals surface area contributed by atoms with Crippen LogP contribution in [0.15, 0.2) is 42.5 Å². The fourth-order valence-electron chi connectivity index (χ4n) is 2.99. The second-order valence-electron chi connectivity index (χ2n) is 5.23. The summed E-state index contributed by atoms with van der Waals surface area (Å²) in [6.07, 6.45) is 2.17. The first-order valence-electron chi connectivity index (χ1n) is 6.66. The van der Waals surface area contributed by atoms with Crippen LogP contribution in [0, 0.1) is 0 Å². The third kappa shape index (κ3) is 2.51. The van der Waals surface area contributed by atoms with Crippen LogP contribution in [-0.2, 0) is 11.2 Å². The van der Waals surface area contributed by atoms with Gasteiger partial charge < -0.3 is 10.4 Å². The number of rotatable bonds is 3. The van der Waals surface area contributed by atoms with Gasteiger partial charge in [-0.15, -0.1) is 12.4 Å². The van der Waals surface area contributed by atoms with Gasteiger partial charge in [0.2, 0.25) is 0 Å². The van der Waals surface area contributed by atoms with Crippen LogP contribution in [0.1, 0.15) is 18.4 Å². The topological polar surface area (TPSA) is 49.3 Å². The minimum absolute atomic E-state index is 0. The van der Waals surface area contributed by atoms with Crippen molar-refractivity contribution in [2.45, 2.75) is 24.8 Å². The minimum Gasteiger partial charge on any atom is -0.480 e. The second-order valence-corrected chi connectivity index (χ2v) is 5.23. The van der Waals surface area contributed by atoms with Crippen molar-refractivity contribution in [2.24, 2.45) is 0 Å². The number of fused-ring (bicyclic) bond motifs is 1. The van der Waals surface area contributed by atoms with E-state index < -0.39 is 11.5 Å². The van der Waals surface area contributed by atoms with Crippen molar-refractivity contribution < 1.29 is 9.90 Å². The van der Waals surface area contributed by atoms with Crippen LogP contribution >= 0.6 is 12.4 Å². The van der Waals surface area contributed by atoms with Crippen LogP contribution < -0.4 is 5.32 Å². The Labute approximate surface area is 124 Å². The van der Waals surface area contributed by atoms with Crippen LogP contribution in [0.25, 0.3) is 10.8 Å². The fraction of sp³-hybridized carbons (Fsp3) is 0.312. The molecule has 2 aromatic carbocycles. The highest BCUT2D eigenvalue weighted by molar-refractivity contribution is 5.87. The summed E-state index contributed by atoms with van der Waals surface area (Å²) in [7, 11) is 0. The minimum atomic E-state index is -0.788. The molecule has 20 heavy (non-hydrogen) atoms. The maximum absolute atomic E-state index is 11.6. The first-order valence-corrected chi connectivity index (χ1v) is 6.66. The van der Waals surface area contributed by atoms with E-state index in [1.807, 2.05) is 24.3 Å². The molecule has 0 unspecified atom stereocenters. The van der Waals surface area contributed by atoms with Gasteiger partial charge in [0.15, 0.2) is 0 Å². The molecule has 1 fully saturated rings. The summed E-state index contributed by atoms with van der Waals surface area (Å²) < 4.78 is 0. The molecule has 1 aliphatic rings. The Morgan fingerprint density at radius 2 is 1.95 bits per heavy atom. The van der Waals surface area contributed by atoms with Gasteiger partial charge in [0, 0.05) is 6.42 Å². The highest BCUT2D eigenvalue weighted by atomic mass is 35.5. The molecule has 2 aromatic rings. The zero-order chi connectivity index (χ0) is 13.3. The van der Waals surface area contributed by atoms with Gasteiger partial charge in [0.1, 0.15) is 5.54 Å². The number of benzene rings is 2. The lowest BCUT2D eigenvalue weighted by atomic mass is 9.87. The van der Waals surface area contributed by atoms with Crippen molar-refractivity contribution in [1.82, 2.24) is 5.32 Å². The molecular weight excluding hydrogens is 274 g/mol. The van der Waals surface area contributed by atoms with Gasteiger partial charge in [0.25, 0.3) is 0 Å². The summed E-state index contributed by atoms with van der Waals surface area (Å²) in [5, 5.41) is 15.0. The van der Waals surface area contributed by atoms with Gasteiger partial charge in [-0.3, -0.25) is 4.79 Å². The summed E-state index contributed by atoms with van der Waals surface area (Å²) in [5.74, 6) is -0.738. The number of nitrogens with one attached hydrogen (secondary N) is 1. The third-order valence-corrected chi connectivity index (χ3v) is 4.03. The maximum Gasteiger partial charge on any atom is 0.324 e. The van der Waals surface area contributed by atoms with Crippen molar-refractivity contribution in [3.8, 4) is 0 Å². The molecule has 0 amide bonds. The Hall–Kier alpha value is -1.58. The van der Waals surface area contributed by atoms with E-state index >= 15 is 0 Å². The van der Waals surface area contributed by atoms with Crippen molar-refractivity contribution >= 4 is 29.1 Å². The van der Waals surface area contributed by atoms with Crippen LogP contribution in [0.3, 0.4) is 0 Å². The molecular formula is C16H18ClNO2. The van der Waals surface area contributed by atoms with Crippen LogP contribution in [0.2, 0.25) is 0 Å². The van der Waals surface area contributed by atoms with Gasteiger partial charge in [0.05, 0.1) is 0 Å². The van der Waals surface area contributed by atoms with E-state index in [-0.39, 0.29) is 12.4 Å². The van der Waals surface area contributed by atoms with E-state index in [4.69, 9.17) is 0 Å². The van der Waals surface area contributed by atoms with E-state index in [0.717, 1.165) is 23.9 Å². The monoisotopic (exact) mass is 291 g/mol. The Morgan fingerprint density at radius 3 is 2.65 bits per heavy atom. The van der Waals surface area contributed by atoms with Gasteiger partial charge in [-0.2, -0.15) is 0 Å². The van der Waals surface area contributed by atoms with Crippen molar-refractivity contribution in [1.29, 1.82) is 0 Å². The number of aliphatic carboxylic acids is 1. The predicted octanol–water partition coefficient (Wildman–Crippen LogP) is 3.01. The molecule has 3 rings (SSSR count). The summed E-state index contributed by atoms with van der Waals surface area (Å²) in [4.78, 5) is 11.6. The zero-order valence-electron chi connectivity index (χ0n) is 11.1. The number of halogens is 1. The highest BCUT2D eigenvalue weighted by Gasteiger charge is 2.41. The Bertz CT molecular complexity index is 615. The summed E-state index contributed by atoms with van der Waals surface area (Å²) in [6.45, 7) is 0.789. The Morgan fingerprint density at radius 1 is 1.20 bits per heavy atom. The smallest absolute Gasteiger partial charge is 0.324 e. The van der Waals surface area contributed by atoms with E-state index in [0.29, 0.717) is 12.8 Å². The third-order valence-electron chi connectivity index (χ3n) is 4.03. The van der Waals surface area contributed by atoms with E-state index in [2.05, 4.69) is 23.5 Å². The Kier molecular flexibility index (Phi) is 4.31. The molecule has 3 nitrogen and oxygen atoms in total. The molecule has 1 aliphatic heterocycles. The fourth-order valence-corrected chi connectivity index (χ4v) is 2.99. The molecule has 0 bridgehead atoms. The van der Waals surface area contributed by atoms with Crippen molar-refractivity contribution in [3.05, 3.63) is 48.0 Å². The number of hydrogen-bond acceptors (Lipinski definition) is 2. The quantitative estimate of drug-likeness (QED) is 0.914. The number of hydrogen-bond donors (Lipinski definition) is 2. The summed E-state index contributed by atoms with van der Waals surface area (Å²) in [6, 6.07) is 14.2. The van der Waals surface area contributed by atoms with E-state index in [1.165, 1.54) is 5.39 Å². The molecule has 1 heterocycles. The van der Waals surface area contributed by atoms with Crippen molar-refractivity contribution in [3.63, 3.8) is 0 Å². The maximum atomic E-state index is 11.6. The average molecular weight is 292 g/mol. The van der Waals surface area contributed by atoms with E-state index in [9.17, 15) is 9.90 Å². The van der Waals surface area contributed by atoms with Crippen LogP contribution in [-0.4, -0.2) is 23.2 Å². The lowest BCUT2D eigenvalue weighted by Crippen LogP contribution is -2.49. The molecule has 0 radical (unpaired) electrons. The molecule has 0 spiro atoms. The lowest BCUT2D eigenvalue weighted by molar-refractivity contribution is -0.144. The standard InChI is InChI=1S/C16H17NO2.ClH/c18-15(19)16(9-4-10-17-16)11-13-7-3-6-12-5-1-2-8-14(12)13;/h1-3,5-8,17H,4,9-11H2,(H,18,19);1H/t16-;/m0./s1. The zero-order valence-corrected chi connectivity index (χ0v) is 12.0. The normalized spacial score (nSPS) is 21.6. The van der Waals surface area contributed by atoms with Gasteiger partial charge >= 0.3 is 5.97 Å². The molecule has 0 aliphatic carbocycles. The number of carboxylic acids is 1. The summed E-state index contributed by atoms with van der Waals surface area (Å²) in [5.41, 5.74) is 0.319. The summed E-state index contributed by atoms with van der Waals surface area (Å²) >= 11 is 0. The van der Waals surface area contributed by atoms with Crippen LogP contribution in [0.4, 0.5) is 0 Å². The first-order chi connectivity index (χ1) is 9.21. The molecule has 1 atom stereocenters. The lowest BCUT2D eigenvalue weighted by Gasteiger charge is -2.25. The number of carbonyl (C=O) groups is 1. The van der Waals surface area contributed by atoms with Gasteiger partial charge in [-0.1, -0.05) is 42.5 Å². The first kappa shape index (κ1) is 14.8. The number of carboxylic acid groups (broad SMARTS) is 1. The SMILES string of the molecule is Cl.O=C(O)[C@@]1(Cc2cccc3ccccc23)CCCN1. The molecule has 0 saturated carbocycles. The molecule has 106 valence electrons. The molecule has 2 N–H and O–H groups in total. The predicted molar refractivity (Wildman–Crippen MR) is 82.5 cm³/mol. The average Bonchev–Trinajstić information content (AvgIpc) is 2.89. The largest absolute Gasteiger partial charge is 0.480 e. The van der Waals surface area contributed by atoms with Crippen molar-refractivity contribution in [2.75, 3.05) is 6.54 Å². The van der Waals surface area contributed by atoms with Gasteiger partial charge in [-0.25, -0.2) is 0 Å².